The second-order valence-electron chi connectivity index (χ2n) is 5.70. The van der Waals surface area contributed by atoms with Crippen LogP contribution in [-0.2, 0) is 6.42 Å². The molecule has 0 saturated heterocycles. The van der Waals surface area contributed by atoms with Crippen LogP contribution in [0.3, 0.4) is 0 Å². The van der Waals surface area contributed by atoms with Gasteiger partial charge >= 0.3 is 6.36 Å². The molecule has 0 unspecified atom stereocenters. The van der Waals surface area contributed by atoms with E-state index in [9.17, 15) is 13.2 Å². The van der Waals surface area contributed by atoms with Gasteiger partial charge in [-0.3, -0.25) is 4.98 Å². The molecule has 0 aliphatic carbocycles. The molecule has 1 aliphatic rings. The summed E-state index contributed by atoms with van der Waals surface area (Å²) in [6.45, 7) is 0.775. The number of hydrogen-bond donors (Lipinski definition) is 1. The van der Waals surface area contributed by atoms with E-state index in [0.717, 1.165) is 40.1 Å². The summed E-state index contributed by atoms with van der Waals surface area (Å²) in [7, 11) is 0. The lowest BCUT2D eigenvalue weighted by Gasteiger charge is -2.10. The Balaban J connectivity index is 1.73. The summed E-state index contributed by atoms with van der Waals surface area (Å²) in [5, 5.41) is 7.93. The van der Waals surface area contributed by atoms with Gasteiger partial charge in [0.05, 0.1) is 11.4 Å². The molecule has 1 aromatic carbocycles. The normalized spacial score (nSPS) is 13.4. The first-order valence-corrected chi connectivity index (χ1v) is 8.53. The molecule has 9 heteroatoms. The number of hydrogen-bond acceptors (Lipinski definition) is 4. The van der Waals surface area contributed by atoms with Crippen molar-refractivity contribution >= 4 is 21.7 Å². The predicted molar refractivity (Wildman–Crippen MR) is 93.4 cm³/mol. The number of nitrogens with one attached hydrogen (secondary N) is 1. The lowest BCUT2D eigenvalue weighted by atomic mass is 10.1. The number of alkyl halides is 3. The van der Waals surface area contributed by atoms with Crippen molar-refractivity contribution in [2.75, 3.05) is 11.9 Å². The molecule has 2 aromatic heterocycles. The summed E-state index contributed by atoms with van der Waals surface area (Å²) < 4.78 is 43.4. The molecular weight excluding hydrogens is 413 g/mol. The molecule has 0 saturated carbocycles. The molecule has 0 amide bonds. The highest BCUT2D eigenvalue weighted by Crippen LogP contribution is 2.35. The maximum absolute atomic E-state index is 12.3. The van der Waals surface area contributed by atoms with E-state index in [1.807, 2.05) is 6.07 Å². The number of pyridine rings is 1. The Hall–Kier alpha value is -2.55. The van der Waals surface area contributed by atoms with Gasteiger partial charge in [0.25, 0.3) is 0 Å². The molecule has 1 N–H and O–H groups in total. The van der Waals surface area contributed by atoms with Crippen molar-refractivity contribution in [2.45, 2.75) is 12.8 Å². The number of ether oxygens (including phenoxy) is 1. The zero-order chi connectivity index (χ0) is 18.3. The minimum absolute atomic E-state index is 0.269. The Morgan fingerprint density at radius 2 is 1.92 bits per heavy atom. The summed E-state index contributed by atoms with van der Waals surface area (Å²) in [6.07, 6.45) is -0.474. The molecular formula is C17H12BrF3N4O. The van der Waals surface area contributed by atoms with Crippen molar-refractivity contribution in [1.29, 1.82) is 0 Å². The summed E-state index contributed by atoms with van der Waals surface area (Å²) in [5.74, 6) is 0.568. The molecule has 0 fully saturated rings. The minimum atomic E-state index is -4.71. The lowest BCUT2D eigenvalue weighted by molar-refractivity contribution is -0.274. The fourth-order valence-electron chi connectivity index (χ4n) is 2.92. The topological polar surface area (TPSA) is 52.0 Å². The zero-order valence-electron chi connectivity index (χ0n) is 13.2. The average Bonchev–Trinajstić information content (AvgIpc) is 3.16. The van der Waals surface area contributed by atoms with Gasteiger partial charge in [-0.1, -0.05) is 0 Å². The summed E-state index contributed by atoms with van der Waals surface area (Å²) in [6, 6.07) is 7.55. The fraction of sp³-hybridized carbons (Fsp3) is 0.176. The number of aromatic nitrogens is 3. The molecule has 5 nitrogen and oxygen atoms in total. The largest absolute Gasteiger partial charge is 0.573 e. The van der Waals surface area contributed by atoms with Gasteiger partial charge in [0.1, 0.15) is 11.6 Å². The van der Waals surface area contributed by atoms with Crippen LogP contribution in [0, 0.1) is 0 Å². The van der Waals surface area contributed by atoms with Crippen LogP contribution >= 0.6 is 15.9 Å². The van der Waals surface area contributed by atoms with E-state index in [1.165, 1.54) is 24.3 Å². The lowest BCUT2D eigenvalue weighted by Crippen LogP contribution is -2.17. The van der Waals surface area contributed by atoms with Crippen LogP contribution < -0.4 is 10.1 Å². The summed E-state index contributed by atoms with van der Waals surface area (Å²) in [5.41, 5.74) is 3.37. The Labute approximate surface area is 154 Å². The van der Waals surface area contributed by atoms with Gasteiger partial charge in [0.2, 0.25) is 0 Å². The number of benzene rings is 1. The van der Waals surface area contributed by atoms with Crippen LogP contribution in [0.1, 0.15) is 5.56 Å². The number of nitrogens with zero attached hydrogens (tertiary/aromatic N) is 3. The third-order valence-electron chi connectivity index (χ3n) is 3.94. The first-order chi connectivity index (χ1) is 12.4. The van der Waals surface area contributed by atoms with Crippen LogP contribution in [-0.4, -0.2) is 27.7 Å². The number of fused-ring (bicyclic) bond motifs is 1. The van der Waals surface area contributed by atoms with Gasteiger partial charge in [0.15, 0.2) is 0 Å². The highest BCUT2D eigenvalue weighted by Gasteiger charge is 2.31. The van der Waals surface area contributed by atoms with Gasteiger partial charge in [-0.15, -0.1) is 13.2 Å². The molecule has 0 bridgehead atoms. The van der Waals surface area contributed by atoms with Gasteiger partial charge in [0, 0.05) is 34.5 Å². The standard InChI is InChI=1S/C17H12BrF3N4O/c18-11-7-10(8-22-9-11)15-14-5-6-23-16(14)25(24-15)12-1-3-13(4-2-12)26-17(19,20)21/h1-4,7-9,23H,5-6H2. The number of halogens is 4. The Bertz CT molecular complexity index is 954. The first kappa shape index (κ1) is 16.9. The SMILES string of the molecule is FC(F)(F)Oc1ccc(-n2nc(-c3cncc(Br)c3)c3c2NCC3)cc1. The van der Waals surface area contributed by atoms with Crippen molar-refractivity contribution in [2.24, 2.45) is 0 Å². The molecule has 3 aromatic rings. The third-order valence-corrected chi connectivity index (χ3v) is 4.38. The Morgan fingerprint density at radius 1 is 1.15 bits per heavy atom. The monoisotopic (exact) mass is 424 g/mol. The van der Waals surface area contributed by atoms with E-state index < -0.39 is 6.36 Å². The molecule has 0 atom stereocenters. The smallest absolute Gasteiger partial charge is 0.406 e. The highest BCUT2D eigenvalue weighted by molar-refractivity contribution is 9.10. The molecule has 134 valence electrons. The van der Waals surface area contributed by atoms with Gasteiger partial charge < -0.3 is 10.1 Å². The van der Waals surface area contributed by atoms with E-state index in [0.29, 0.717) is 5.69 Å². The summed E-state index contributed by atoms with van der Waals surface area (Å²) in [4.78, 5) is 4.17. The second kappa shape index (κ2) is 6.31. The van der Waals surface area contributed by atoms with Crippen molar-refractivity contribution in [3.05, 3.63) is 52.8 Å². The average molecular weight is 425 g/mol. The van der Waals surface area contributed by atoms with Gasteiger partial charge in [-0.25, -0.2) is 4.68 Å². The maximum atomic E-state index is 12.3. The van der Waals surface area contributed by atoms with Crippen LogP contribution in [0.15, 0.2) is 47.2 Å². The number of rotatable bonds is 3. The second-order valence-corrected chi connectivity index (χ2v) is 6.61. The van der Waals surface area contributed by atoms with Crippen molar-refractivity contribution in [1.82, 2.24) is 14.8 Å². The summed E-state index contributed by atoms with van der Waals surface area (Å²) >= 11 is 3.41. The van der Waals surface area contributed by atoms with Crippen molar-refractivity contribution < 1.29 is 17.9 Å². The molecule has 1 aliphatic heterocycles. The van der Waals surface area contributed by atoms with E-state index in [4.69, 9.17) is 0 Å². The fourth-order valence-corrected chi connectivity index (χ4v) is 3.29. The molecule has 4 rings (SSSR count). The third kappa shape index (κ3) is 3.26. The Kier molecular flexibility index (Phi) is 4.10. The van der Waals surface area contributed by atoms with Crippen LogP contribution in [0.25, 0.3) is 16.9 Å². The highest BCUT2D eigenvalue weighted by atomic mass is 79.9. The van der Waals surface area contributed by atoms with Crippen LogP contribution in [0.2, 0.25) is 0 Å². The molecule has 0 radical (unpaired) electrons. The first-order valence-electron chi connectivity index (χ1n) is 7.73. The maximum Gasteiger partial charge on any atom is 0.573 e. The quantitative estimate of drug-likeness (QED) is 0.669. The predicted octanol–water partition coefficient (Wildman–Crippen LogP) is 4.56. The minimum Gasteiger partial charge on any atom is -0.406 e. The van der Waals surface area contributed by atoms with E-state index in [1.54, 1.807) is 17.1 Å². The van der Waals surface area contributed by atoms with Gasteiger partial charge in [-0.2, -0.15) is 5.10 Å². The molecule has 0 spiro atoms. The van der Waals surface area contributed by atoms with Crippen LogP contribution in [0.5, 0.6) is 5.75 Å². The van der Waals surface area contributed by atoms with Crippen LogP contribution in [0.4, 0.5) is 19.0 Å². The van der Waals surface area contributed by atoms with Crippen molar-refractivity contribution in [3.63, 3.8) is 0 Å². The molecule has 26 heavy (non-hydrogen) atoms. The zero-order valence-corrected chi connectivity index (χ0v) is 14.8. The van der Waals surface area contributed by atoms with E-state index >= 15 is 0 Å². The van der Waals surface area contributed by atoms with Crippen molar-refractivity contribution in [3.8, 4) is 22.7 Å². The van der Waals surface area contributed by atoms with E-state index in [2.05, 4.69) is 36.1 Å². The van der Waals surface area contributed by atoms with Gasteiger partial charge in [-0.05, 0) is 52.7 Å². The molecule has 3 heterocycles. The van der Waals surface area contributed by atoms with E-state index in [-0.39, 0.29) is 5.75 Å². The Morgan fingerprint density at radius 3 is 2.62 bits per heavy atom. The number of anilines is 1.